The molecule has 0 atom stereocenters. The number of urea groups is 1. The van der Waals surface area contributed by atoms with Gasteiger partial charge < -0.3 is 14.4 Å². The lowest BCUT2D eigenvalue weighted by Crippen LogP contribution is -2.40. The predicted molar refractivity (Wildman–Crippen MR) is 135 cm³/mol. The Balaban J connectivity index is 0.000000425. The van der Waals surface area contributed by atoms with Gasteiger partial charge in [-0.1, -0.05) is 68.0 Å². The Morgan fingerprint density at radius 1 is 1.14 bits per heavy atom. The molecule has 1 aliphatic heterocycles. The van der Waals surface area contributed by atoms with Crippen LogP contribution in [0, 0.1) is 0 Å². The maximum absolute atomic E-state index is 12.6. The highest BCUT2D eigenvalue weighted by atomic mass is 19.4. The van der Waals surface area contributed by atoms with Crippen molar-refractivity contribution >= 4 is 18.3 Å². The molecule has 0 aromatic heterocycles. The third-order valence-corrected chi connectivity index (χ3v) is 5.09. The van der Waals surface area contributed by atoms with Crippen molar-refractivity contribution < 1.29 is 27.4 Å². The van der Waals surface area contributed by atoms with Gasteiger partial charge in [-0.05, 0) is 41.7 Å². The Morgan fingerprint density at radius 3 is 2.36 bits per heavy atom. The zero-order valence-corrected chi connectivity index (χ0v) is 20.6. The minimum Gasteiger partial charge on any atom is -0.406 e. The van der Waals surface area contributed by atoms with Gasteiger partial charge in [-0.3, -0.25) is 0 Å². The minimum atomic E-state index is -4.73. The van der Waals surface area contributed by atoms with Crippen LogP contribution >= 0.6 is 0 Å². The Bertz CT molecular complexity index is 1010. The van der Waals surface area contributed by atoms with Crippen molar-refractivity contribution in [3.8, 4) is 5.75 Å². The normalized spacial score (nSPS) is 13.5. The number of halogens is 3. The van der Waals surface area contributed by atoms with Gasteiger partial charge in [-0.15, -0.1) is 13.2 Å². The van der Waals surface area contributed by atoms with Crippen LogP contribution in [-0.2, 0) is 11.3 Å². The number of rotatable bonds is 8. The van der Waals surface area contributed by atoms with Gasteiger partial charge in [0.05, 0.1) is 6.61 Å². The van der Waals surface area contributed by atoms with Crippen LogP contribution in [0.3, 0.4) is 0 Å². The molecule has 0 saturated heterocycles. The van der Waals surface area contributed by atoms with Gasteiger partial charge >= 0.3 is 12.4 Å². The first-order chi connectivity index (χ1) is 17.3. The minimum absolute atomic E-state index is 0.292. The highest BCUT2D eigenvalue weighted by Gasteiger charge is 2.31. The van der Waals surface area contributed by atoms with Crippen molar-refractivity contribution in [1.29, 1.82) is 0 Å². The van der Waals surface area contributed by atoms with Crippen LogP contribution in [0.25, 0.3) is 5.57 Å². The third kappa shape index (κ3) is 9.95. The van der Waals surface area contributed by atoms with Crippen LogP contribution in [0.15, 0.2) is 78.1 Å². The van der Waals surface area contributed by atoms with Crippen LogP contribution in [0.4, 0.5) is 18.0 Å². The third-order valence-electron chi connectivity index (χ3n) is 5.09. The van der Waals surface area contributed by atoms with Gasteiger partial charge in [0.25, 0.3) is 0 Å². The molecule has 0 unspecified atom stereocenters. The average Bonchev–Trinajstić information content (AvgIpc) is 2.87. The van der Waals surface area contributed by atoms with E-state index >= 15 is 0 Å². The monoisotopic (exact) mass is 503 g/mol. The first-order valence-electron chi connectivity index (χ1n) is 11.6. The lowest BCUT2D eigenvalue weighted by atomic mass is 10.0. The Morgan fingerprint density at radius 2 is 1.83 bits per heavy atom. The number of methoxy groups -OCH3 is 1. The average molecular weight is 504 g/mol. The standard InChI is InChI=1S/C19H22F3N3O2.C8H10O/c1-3-7-16(15-8-10-17(11-9-15)27-19(20,21)22)14-25(23-2)18(26)24-12-5-4-6-13-24;1-9-7-8-5-3-2-4-6-8/h4-5,8-11,14H,2-3,6-7,12-13H2,1H3;2-6H,7H2,1H3/b16-14+;. The molecule has 0 saturated carbocycles. The number of allylic oxidation sites excluding steroid dienone is 1. The van der Waals surface area contributed by atoms with E-state index in [1.54, 1.807) is 18.2 Å². The lowest BCUT2D eigenvalue weighted by molar-refractivity contribution is -0.274. The summed E-state index contributed by atoms with van der Waals surface area (Å²) in [5, 5.41) is 4.97. The second-order valence-electron chi connectivity index (χ2n) is 7.87. The molecule has 0 aliphatic carbocycles. The molecule has 2 aromatic rings. The zero-order chi connectivity index (χ0) is 26.4. The number of hydrazone groups is 1. The van der Waals surface area contributed by atoms with Crippen LogP contribution in [0.5, 0.6) is 5.75 Å². The molecule has 3 rings (SSSR count). The summed E-state index contributed by atoms with van der Waals surface area (Å²) in [7, 11) is 1.70. The highest BCUT2D eigenvalue weighted by molar-refractivity contribution is 5.78. The molecule has 2 aromatic carbocycles. The summed E-state index contributed by atoms with van der Waals surface area (Å²) in [6.45, 7) is 7.24. The molecular formula is C27H32F3N3O3. The molecule has 1 heterocycles. The molecule has 1 aliphatic rings. The molecule has 0 N–H and O–H groups in total. The van der Waals surface area contributed by atoms with E-state index in [-0.39, 0.29) is 11.8 Å². The number of hydrogen-bond donors (Lipinski definition) is 0. The van der Waals surface area contributed by atoms with Crippen molar-refractivity contribution in [2.24, 2.45) is 5.10 Å². The maximum Gasteiger partial charge on any atom is 0.573 e. The SMILES string of the molecule is C=NN(/C=C(\CCC)c1ccc(OC(F)(F)F)cc1)C(=O)N1CC=CCC1.COCc1ccccc1. The van der Waals surface area contributed by atoms with E-state index in [1.807, 2.05) is 49.4 Å². The number of carbonyl (C=O) groups excluding carboxylic acids is 1. The number of benzene rings is 2. The summed E-state index contributed by atoms with van der Waals surface area (Å²) >= 11 is 0. The number of carbonyl (C=O) groups is 1. The zero-order valence-electron chi connectivity index (χ0n) is 20.6. The van der Waals surface area contributed by atoms with Gasteiger partial charge in [-0.25, -0.2) is 4.79 Å². The van der Waals surface area contributed by atoms with E-state index in [4.69, 9.17) is 4.74 Å². The Labute approximate surface area is 210 Å². The number of hydrogen-bond acceptors (Lipinski definition) is 4. The fourth-order valence-corrected chi connectivity index (χ4v) is 3.43. The number of alkyl halides is 3. The van der Waals surface area contributed by atoms with Crippen LogP contribution in [0.1, 0.15) is 37.3 Å². The Hall–Kier alpha value is -3.59. The summed E-state index contributed by atoms with van der Waals surface area (Å²) in [5.74, 6) is -0.294. The number of ether oxygens (including phenoxy) is 2. The summed E-state index contributed by atoms with van der Waals surface area (Å²) < 4.78 is 45.7. The van der Waals surface area contributed by atoms with Gasteiger partial charge in [0.15, 0.2) is 0 Å². The molecule has 36 heavy (non-hydrogen) atoms. The quantitative estimate of drug-likeness (QED) is 0.225. The van der Waals surface area contributed by atoms with Crippen LogP contribution in [-0.4, -0.2) is 49.2 Å². The van der Waals surface area contributed by atoms with Crippen molar-refractivity contribution in [2.45, 2.75) is 39.2 Å². The van der Waals surface area contributed by atoms with Gasteiger partial charge in [0, 0.05) is 33.1 Å². The molecule has 0 bridgehead atoms. The van der Waals surface area contributed by atoms with E-state index in [9.17, 15) is 18.0 Å². The van der Waals surface area contributed by atoms with Crippen molar-refractivity contribution in [3.05, 3.63) is 84.1 Å². The van der Waals surface area contributed by atoms with Crippen LogP contribution in [0.2, 0.25) is 0 Å². The lowest BCUT2D eigenvalue weighted by Gasteiger charge is -2.27. The molecule has 2 amide bonds. The van der Waals surface area contributed by atoms with Gasteiger partial charge in [-0.2, -0.15) is 10.1 Å². The first kappa shape index (κ1) is 28.6. The molecule has 0 fully saturated rings. The summed E-state index contributed by atoms with van der Waals surface area (Å²) in [6.07, 6.45) is 2.97. The van der Waals surface area contributed by atoms with Crippen molar-refractivity contribution in [1.82, 2.24) is 9.91 Å². The molecule has 194 valence electrons. The van der Waals surface area contributed by atoms with E-state index in [2.05, 4.69) is 16.6 Å². The molecule has 0 radical (unpaired) electrons. The Kier molecular flexibility index (Phi) is 11.7. The second-order valence-corrected chi connectivity index (χ2v) is 7.87. The summed E-state index contributed by atoms with van der Waals surface area (Å²) in [6, 6.07) is 15.4. The smallest absolute Gasteiger partial charge is 0.406 e. The largest absolute Gasteiger partial charge is 0.573 e. The van der Waals surface area contributed by atoms with Gasteiger partial charge in [0.2, 0.25) is 0 Å². The molecule has 0 spiro atoms. The van der Waals surface area contributed by atoms with Crippen LogP contribution < -0.4 is 4.74 Å². The topological polar surface area (TPSA) is 54.4 Å². The first-order valence-corrected chi connectivity index (χ1v) is 11.6. The van der Waals surface area contributed by atoms with E-state index in [0.717, 1.165) is 18.4 Å². The summed E-state index contributed by atoms with van der Waals surface area (Å²) in [5.41, 5.74) is 2.68. The molecule has 6 nitrogen and oxygen atoms in total. The fraction of sp³-hybridized carbons (Fsp3) is 0.333. The molecule has 9 heteroatoms. The van der Waals surface area contributed by atoms with Crippen molar-refractivity contribution in [2.75, 3.05) is 20.2 Å². The van der Waals surface area contributed by atoms with Crippen molar-refractivity contribution in [3.63, 3.8) is 0 Å². The molecular weight excluding hydrogens is 471 g/mol. The predicted octanol–water partition coefficient (Wildman–Crippen LogP) is 6.86. The van der Waals surface area contributed by atoms with Gasteiger partial charge in [0.1, 0.15) is 5.75 Å². The number of amides is 2. The maximum atomic E-state index is 12.6. The number of nitrogens with zero attached hydrogens (tertiary/aromatic N) is 3. The van der Waals surface area contributed by atoms with E-state index in [1.165, 1.54) is 34.8 Å². The summed E-state index contributed by atoms with van der Waals surface area (Å²) in [4.78, 5) is 14.3. The van der Waals surface area contributed by atoms with E-state index in [0.29, 0.717) is 31.7 Å². The second kappa shape index (κ2) is 14.7. The fourth-order valence-electron chi connectivity index (χ4n) is 3.43. The van der Waals surface area contributed by atoms with E-state index < -0.39 is 6.36 Å². The highest BCUT2D eigenvalue weighted by Crippen LogP contribution is 2.27.